The largest absolute Gasteiger partial charge is 0.392 e. The van der Waals surface area contributed by atoms with Crippen LogP contribution >= 0.6 is 11.3 Å². The molecule has 0 radical (unpaired) electrons. The number of rotatable bonds is 6. The normalized spacial score (nSPS) is 29.3. The van der Waals surface area contributed by atoms with Crippen molar-refractivity contribution in [3.05, 3.63) is 46.5 Å². The van der Waals surface area contributed by atoms with Crippen molar-refractivity contribution in [3.63, 3.8) is 0 Å². The molecule has 1 fully saturated rings. The summed E-state index contributed by atoms with van der Waals surface area (Å²) in [4.78, 5) is 20.8. The van der Waals surface area contributed by atoms with Crippen LogP contribution in [0, 0.1) is 35.5 Å². The molecule has 2 aliphatic carbocycles. The summed E-state index contributed by atoms with van der Waals surface area (Å²) in [7, 11) is 1.74. The fourth-order valence-corrected chi connectivity index (χ4v) is 7.40. The van der Waals surface area contributed by atoms with Crippen molar-refractivity contribution in [3.8, 4) is 12.3 Å². The first kappa shape index (κ1) is 23.8. The number of hydrogen-bond acceptors (Lipinski definition) is 5. The van der Waals surface area contributed by atoms with Gasteiger partial charge in [-0.15, -0.1) is 17.8 Å². The standard InChI is InChI=1S/C27H35N3O2S/c1-6-14-30(5)25(32)17(2)20-12-13-27(4)15-21-23(18(3)22(27)24(20)31)29-26(33-21)28-16-19-10-8-7-9-11-19/h1,7-11,17-18,20,22,24,31H,12-16H2,2-5H3,(H,28,29)/t17-,18-,20?,22+,24-,27-/m0/s1. The lowest BCUT2D eigenvalue weighted by molar-refractivity contribution is -0.142. The predicted molar refractivity (Wildman–Crippen MR) is 134 cm³/mol. The van der Waals surface area contributed by atoms with Crippen LogP contribution in [0.25, 0.3) is 0 Å². The molecule has 6 atom stereocenters. The minimum atomic E-state index is -0.535. The number of carbonyl (C=O) groups excluding carboxylic acids is 1. The number of aliphatic hydroxyl groups excluding tert-OH is 1. The maximum absolute atomic E-state index is 12.9. The summed E-state index contributed by atoms with van der Waals surface area (Å²) < 4.78 is 0. The molecule has 0 saturated heterocycles. The number of nitrogens with one attached hydrogen (secondary N) is 1. The highest BCUT2D eigenvalue weighted by Crippen LogP contribution is 2.57. The summed E-state index contributed by atoms with van der Waals surface area (Å²) >= 11 is 1.75. The van der Waals surface area contributed by atoms with E-state index in [1.54, 1.807) is 23.3 Å². The number of aromatic nitrogens is 1. The number of thiazole rings is 1. The third kappa shape index (κ3) is 4.54. The maximum atomic E-state index is 12.9. The van der Waals surface area contributed by atoms with E-state index >= 15 is 0 Å². The van der Waals surface area contributed by atoms with Crippen molar-refractivity contribution in [2.24, 2.45) is 23.2 Å². The Labute approximate surface area is 201 Å². The van der Waals surface area contributed by atoms with E-state index in [1.165, 1.54) is 10.4 Å². The first-order valence-electron chi connectivity index (χ1n) is 11.9. The quantitative estimate of drug-likeness (QED) is 0.615. The highest BCUT2D eigenvalue weighted by Gasteiger charge is 2.54. The van der Waals surface area contributed by atoms with E-state index in [-0.39, 0.29) is 35.0 Å². The van der Waals surface area contributed by atoms with Gasteiger partial charge >= 0.3 is 0 Å². The highest BCUT2D eigenvalue weighted by atomic mass is 32.1. The molecule has 5 nitrogen and oxygen atoms in total. The van der Waals surface area contributed by atoms with Crippen LogP contribution in [0.5, 0.6) is 0 Å². The summed E-state index contributed by atoms with van der Waals surface area (Å²) in [5.74, 6) is 2.47. The second-order valence-electron chi connectivity index (χ2n) is 10.2. The Kier molecular flexibility index (Phi) is 6.83. The van der Waals surface area contributed by atoms with E-state index in [2.05, 4.69) is 37.2 Å². The van der Waals surface area contributed by atoms with E-state index in [1.807, 2.05) is 25.1 Å². The monoisotopic (exact) mass is 465 g/mol. The molecule has 1 unspecified atom stereocenters. The number of benzene rings is 1. The van der Waals surface area contributed by atoms with Crippen LogP contribution in [0.4, 0.5) is 5.13 Å². The van der Waals surface area contributed by atoms with Gasteiger partial charge in [0.2, 0.25) is 5.91 Å². The smallest absolute Gasteiger partial charge is 0.226 e. The number of terminal acetylenes is 1. The lowest BCUT2D eigenvalue weighted by Crippen LogP contribution is -2.53. The molecule has 1 amide bonds. The number of hydrogen-bond donors (Lipinski definition) is 2. The van der Waals surface area contributed by atoms with Crippen LogP contribution in [0.15, 0.2) is 30.3 Å². The van der Waals surface area contributed by atoms with Crippen LogP contribution < -0.4 is 5.32 Å². The second-order valence-corrected chi connectivity index (χ2v) is 11.3. The summed E-state index contributed by atoms with van der Waals surface area (Å²) in [5, 5.41) is 16.0. The summed E-state index contributed by atoms with van der Waals surface area (Å²) in [5.41, 5.74) is 2.35. The Bertz CT molecular complexity index is 1030. The average molecular weight is 466 g/mol. The molecule has 33 heavy (non-hydrogen) atoms. The zero-order valence-electron chi connectivity index (χ0n) is 20.0. The minimum Gasteiger partial charge on any atom is -0.392 e. The Morgan fingerprint density at radius 1 is 1.42 bits per heavy atom. The third-order valence-corrected chi connectivity index (χ3v) is 8.97. The van der Waals surface area contributed by atoms with Crippen molar-refractivity contribution >= 4 is 22.4 Å². The van der Waals surface area contributed by atoms with Gasteiger partial charge in [0, 0.05) is 30.3 Å². The van der Waals surface area contributed by atoms with E-state index < -0.39 is 6.10 Å². The Morgan fingerprint density at radius 2 is 2.15 bits per heavy atom. The highest BCUT2D eigenvalue weighted by molar-refractivity contribution is 7.15. The average Bonchev–Trinajstić information content (AvgIpc) is 3.20. The maximum Gasteiger partial charge on any atom is 0.226 e. The number of anilines is 1. The van der Waals surface area contributed by atoms with E-state index in [0.29, 0.717) is 6.54 Å². The Hall–Kier alpha value is -2.36. The number of nitrogens with zero attached hydrogens (tertiary/aromatic N) is 2. The van der Waals surface area contributed by atoms with Gasteiger partial charge in [-0.2, -0.15) is 0 Å². The van der Waals surface area contributed by atoms with Crippen molar-refractivity contribution < 1.29 is 9.90 Å². The number of fused-ring (bicyclic) bond motifs is 2. The number of carbonyl (C=O) groups is 1. The molecule has 176 valence electrons. The van der Waals surface area contributed by atoms with Gasteiger partial charge in [-0.25, -0.2) is 4.98 Å². The first-order valence-corrected chi connectivity index (χ1v) is 12.7. The van der Waals surface area contributed by atoms with Gasteiger partial charge < -0.3 is 15.3 Å². The predicted octanol–water partition coefficient (Wildman–Crippen LogP) is 4.54. The van der Waals surface area contributed by atoms with Crippen LogP contribution in [0.3, 0.4) is 0 Å². The molecule has 0 spiro atoms. The van der Waals surface area contributed by atoms with E-state index in [0.717, 1.165) is 36.6 Å². The number of amides is 1. The van der Waals surface area contributed by atoms with E-state index in [9.17, 15) is 9.90 Å². The molecule has 4 rings (SSSR count). The van der Waals surface area contributed by atoms with Crippen molar-refractivity contribution in [2.45, 2.75) is 58.6 Å². The lowest BCUT2D eigenvalue weighted by Gasteiger charge is -2.53. The molecule has 6 heteroatoms. The van der Waals surface area contributed by atoms with Crippen LogP contribution in [-0.4, -0.2) is 40.6 Å². The SMILES string of the molecule is C#CCN(C)C(=O)[C@@H](C)C1CC[C@@]2(C)Cc3sc(NCc4ccccc4)nc3[C@@H](C)[C@@H]2[C@H]1O. The molecule has 2 aliphatic rings. The summed E-state index contributed by atoms with van der Waals surface area (Å²) in [6, 6.07) is 10.3. The molecule has 2 N–H and O–H groups in total. The molecule has 0 aliphatic heterocycles. The van der Waals surface area contributed by atoms with Crippen LogP contribution in [0.1, 0.15) is 55.7 Å². The Morgan fingerprint density at radius 3 is 2.85 bits per heavy atom. The third-order valence-electron chi connectivity index (χ3n) is 7.95. The summed E-state index contributed by atoms with van der Waals surface area (Å²) in [6.07, 6.45) is 7.65. The van der Waals surface area contributed by atoms with Crippen molar-refractivity contribution in [1.29, 1.82) is 0 Å². The molecule has 2 aromatic rings. The van der Waals surface area contributed by atoms with Crippen molar-refractivity contribution in [1.82, 2.24) is 9.88 Å². The van der Waals surface area contributed by atoms with Gasteiger partial charge in [0.05, 0.1) is 18.3 Å². The topological polar surface area (TPSA) is 65.5 Å². The molecular formula is C27H35N3O2S. The van der Waals surface area contributed by atoms with Gasteiger partial charge in [0.15, 0.2) is 5.13 Å². The van der Waals surface area contributed by atoms with Gasteiger partial charge in [-0.1, -0.05) is 57.0 Å². The molecule has 1 aromatic heterocycles. The fraction of sp³-hybridized carbons (Fsp3) is 0.556. The second kappa shape index (κ2) is 9.48. The molecular weight excluding hydrogens is 430 g/mol. The van der Waals surface area contributed by atoms with Crippen molar-refractivity contribution in [2.75, 3.05) is 18.9 Å². The molecule has 0 bridgehead atoms. The zero-order chi connectivity index (χ0) is 23.8. The van der Waals surface area contributed by atoms with E-state index in [4.69, 9.17) is 11.4 Å². The minimum absolute atomic E-state index is 0.0129. The number of aliphatic hydroxyl groups is 1. The van der Waals surface area contributed by atoms with Gasteiger partial charge in [0.25, 0.3) is 0 Å². The summed E-state index contributed by atoms with van der Waals surface area (Å²) in [6.45, 7) is 7.50. The molecule has 1 aromatic carbocycles. The van der Waals surface area contributed by atoms with Gasteiger partial charge in [0.1, 0.15) is 0 Å². The zero-order valence-corrected chi connectivity index (χ0v) is 20.9. The van der Waals surface area contributed by atoms with Crippen LogP contribution in [-0.2, 0) is 17.8 Å². The fourth-order valence-electron chi connectivity index (χ4n) is 6.14. The Balaban J connectivity index is 1.52. The molecule has 1 saturated carbocycles. The van der Waals surface area contributed by atoms with Gasteiger partial charge in [-0.3, -0.25) is 4.79 Å². The van der Waals surface area contributed by atoms with Crippen LogP contribution in [0.2, 0.25) is 0 Å². The molecule has 1 heterocycles. The lowest BCUT2D eigenvalue weighted by atomic mass is 9.53. The van der Waals surface area contributed by atoms with Gasteiger partial charge in [-0.05, 0) is 42.1 Å². The first-order chi connectivity index (χ1) is 15.7.